The number of thiophene rings is 1. The predicted molar refractivity (Wildman–Crippen MR) is 87.3 cm³/mol. The third kappa shape index (κ3) is 2.44. The molecular formula is C16H9N5OS. The Bertz CT molecular complexity index is 1030. The number of aromatic nitrogens is 4. The third-order valence-electron chi connectivity index (χ3n) is 3.32. The lowest BCUT2D eigenvalue weighted by atomic mass is 10.1. The standard InChI is InChI=1S/C16H9N5OS/c22-10-17-12-4-1-3-11(9-12)13-6-7-15-18-19-16(21(15)20-13)14-5-2-8-23-14/h1-9H. The van der Waals surface area contributed by atoms with Crippen molar-refractivity contribution in [3.63, 3.8) is 0 Å². The van der Waals surface area contributed by atoms with Crippen LogP contribution in [-0.4, -0.2) is 25.9 Å². The summed E-state index contributed by atoms with van der Waals surface area (Å²) in [5.74, 6) is 0.707. The highest BCUT2D eigenvalue weighted by Crippen LogP contribution is 2.26. The number of hydrogen-bond acceptors (Lipinski definition) is 6. The van der Waals surface area contributed by atoms with E-state index in [9.17, 15) is 4.79 Å². The predicted octanol–water partition coefficient (Wildman–Crippen LogP) is 3.49. The quantitative estimate of drug-likeness (QED) is 0.428. The van der Waals surface area contributed by atoms with E-state index in [1.165, 1.54) is 0 Å². The molecule has 0 radical (unpaired) electrons. The van der Waals surface area contributed by atoms with Gasteiger partial charge in [0.05, 0.1) is 16.3 Å². The van der Waals surface area contributed by atoms with E-state index in [4.69, 9.17) is 0 Å². The summed E-state index contributed by atoms with van der Waals surface area (Å²) in [7, 11) is 0. The molecule has 3 aromatic heterocycles. The minimum absolute atomic E-state index is 0.543. The smallest absolute Gasteiger partial charge is 0.211 e. The van der Waals surface area contributed by atoms with Gasteiger partial charge in [0.1, 0.15) is 0 Å². The first-order chi connectivity index (χ1) is 11.3. The average Bonchev–Trinajstić information content (AvgIpc) is 3.24. The Morgan fingerprint density at radius 2 is 2.04 bits per heavy atom. The Morgan fingerprint density at radius 1 is 1.09 bits per heavy atom. The summed E-state index contributed by atoms with van der Waals surface area (Å²) in [6, 6.07) is 14.9. The molecule has 0 amide bonds. The molecule has 0 unspecified atom stereocenters. The summed E-state index contributed by atoms with van der Waals surface area (Å²) in [4.78, 5) is 15.1. The summed E-state index contributed by atoms with van der Waals surface area (Å²) < 4.78 is 1.72. The monoisotopic (exact) mass is 319 g/mol. The average molecular weight is 319 g/mol. The first-order valence-corrected chi connectivity index (χ1v) is 7.68. The maximum absolute atomic E-state index is 10.4. The van der Waals surface area contributed by atoms with E-state index in [-0.39, 0.29) is 0 Å². The maximum atomic E-state index is 10.4. The first-order valence-electron chi connectivity index (χ1n) is 6.80. The molecule has 0 aliphatic heterocycles. The van der Waals surface area contributed by atoms with Crippen LogP contribution in [0.15, 0.2) is 58.9 Å². The van der Waals surface area contributed by atoms with Gasteiger partial charge in [-0.25, -0.2) is 4.79 Å². The molecule has 23 heavy (non-hydrogen) atoms. The second-order valence-electron chi connectivity index (χ2n) is 4.74. The molecule has 0 saturated carbocycles. The van der Waals surface area contributed by atoms with Crippen molar-refractivity contribution in [3.05, 3.63) is 53.9 Å². The van der Waals surface area contributed by atoms with Crippen LogP contribution in [0.1, 0.15) is 0 Å². The zero-order valence-electron chi connectivity index (χ0n) is 11.7. The van der Waals surface area contributed by atoms with E-state index < -0.39 is 0 Å². The van der Waals surface area contributed by atoms with Crippen LogP contribution < -0.4 is 0 Å². The van der Waals surface area contributed by atoms with E-state index in [0.29, 0.717) is 17.2 Å². The number of isocyanates is 1. The summed E-state index contributed by atoms with van der Waals surface area (Å²) in [5.41, 5.74) is 2.83. The molecule has 4 rings (SSSR count). The fourth-order valence-electron chi connectivity index (χ4n) is 2.29. The Balaban J connectivity index is 1.87. The van der Waals surface area contributed by atoms with Crippen molar-refractivity contribution < 1.29 is 4.79 Å². The van der Waals surface area contributed by atoms with Gasteiger partial charge in [-0.05, 0) is 35.7 Å². The number of fused-ring (bicyclic) bond motifs is 1. The topological polar surface area (TPSA) is 72.5 Å². The lowest BCUT2D eigenvalue weighted by Crippen LogP contribution is -1.96. The van der Waals surface area contributed by atoms with Crippen molar-refractivity contribution in [2.75, 3.05) is 0 Å². The number of nitrogens with zero attached hydrogens (tertiary/aromatic N) is 5. The molecule has 0 N–H and O–H groups in total. The van der Waals surface area contributed by atoms with Crippen molar-refractivity contribution in [2.24, 2.45) is 4.99 Å². The molecule has 0 aliphatic rings. The fraction of sp³-hybridized carbons (Fsp3) is 0. The molecule has 0 atom stereocenters. The van der Waals surface area contributed by atoms with Crippen molar-refractivity contribution in [3.8, 4) is 22.0 Å². The minimum Gasteiger partial charge on any atom is -0.211 e. The van der Waals surface area contributed by atoms with Crippen LogP contribution in [0.25, 0.3) is 27.6 Å². The van der Waals surface area contributed by atoms with Crippen molar-refractivity contribution >= 4 is 28.8 Å². The summed E-state index contributed by atoms with van der Waals surface area (Å²) in [6.45, 7) is 0. The highest BCUT2D eigenvalue weighted by atomic mass is 32.1. The molecule has 6 nitrogen and oxygen atoms in total. The lowest BCUT2D eigenvalue weighted by Gasteiger charge is -2.03. The van der Waals surface area contributed by atoms with Crippen LogP contribution in [0.3, 0.4) is 0 Å². The van der Waals surface area contributed by atoms with E-state index in [1.807, 2.05) is 41.8 Å². The van der Waals surface area contributed by atoms with Gasteiger partial charge in [0.2, 0.25) is 6.08 Å². The molecule has 7 heteroatoms. The van der Waals surface area contributed by atoms with Gasteiger partial charge in [0.15, 0.2) is 11.5 Å². The van der Waals surface area contributed by atoms with E-state index in [2.05, 4.69) is 20.3 Å². The Labute approximate surface area is 134 Å². The molecule has 0 aliphatic carbocycles. The van der Waals surface area contributed by atoms with Crippen LogP contribution in [0.2, 0.25) is 0 Å². The van der Waals surface area contributed by atoms with E-state index in [0.717, 1.165) is 16.1 Å². The number of aliphatic imine (C=N–C) groups is 1. The Hall–Kier alpha value is -3.15. The van der Waals surface area contributed by atoms with Crippen LogP contribution in [0.5, 0.6) is 0 Å². The SMILES string of the molecule is O=C=Nc1cccc(-c2ccc3nnc(-c4cccs4)n3n2)c1. The summed E-state index contributed by atoms with van der Waals surface area (Å²) in [5, 5.41) is 15.0. The molecule has 0 bridgehead atoms. The largest absolute Gasteiger partial charge is 0.240 e. The number of benzene rings is 1. The zero-order chi connectivity index (χ0) is 15.6. The Kier molecular flexibility index (Phi) is 3.27. The highest BCUT2D eigenvalue weighted by molar-refractivity contribution is 7.13. The molecule has 1 aromatic carbocycles. The van der Waals surface area contributed by atoms with Gasteiger partial charge in [-0.2, -0.15) is 14.6 Å². The number of rotatable bonds is 3. The Morgan fingerprint density at radius 3 is 2.87 bits per heavy atom. The van der Waals surface area contributed by atoms with Crippen molar-refractivity contribution in [2.45, 2.75) is 0 Å². The van der Waals surface area contributed by atoms with Crippen LogP contribution >= 0.6 is 11.3 Å². The summed E-state index contributed by atoms with van der Waals surface area (Å²) in [6.07, 6.45) is 1.55. The van der Waals surface area contributed by atoms with Crippen LogP contribution in [0.4, 0.5) is 5.69 Å². The van der Waals surface area contributed by atoms with Crippen LogP contribution in [0, 0.1) is 0 Å². The molecule has 4 aromatic rings. The number of hydrogen-bond donors (Lipinski definition) is 0. The molecule has 0 fully saturated rings. The molecule has 0 saturated heterocycles. The van der Waals surface area contributed by atoms with Gasteiger partial charge in [-0.3, -0.25) is 0 Å². The van der Waals surface area contributed by atoms with Gasteiger partial charge in [-0.1, -0.05) is 18.2 Å². The second kappa shape index (κ2) is 5.57. The molecule has 0 spiro atoms. The molecular weight excluding hydrogens is 310 g/mol. The fourth-order valence-corrected chi connectivity index (χ4v) is 2.98. The molecule has 110 valence electrons. The van der Waals surface area contributed by atoms with Crippen molar-refractivity contribution in [1.82, 2.24) is 19.8 Å². The lowest BCUT2D eigenvalue weighted by molar-refractivity contribution is 0.565. The third-order valence-corrected chi connectivity index (χ3v) is 4.19. The van der Waals surface area contributed by atoms with Crippen molar-refractivity contribution in [1.29, 1.82) is 0 Å². The zero-order valence-corrected chi connectivity index (χ0v) is 12.6. The van der Waals surface area contributed by atoms with Gasteiger partial charge in [0.25, 0.3) is 0 Å². The van der Waals surface area contributed by atoms with Crippen LogP contribution in [-0.2, 0) is 4.79 Å². The minimum atomic E-state index is 0.543. The number of carbonyl (C=O) groups excluding carboxylic acids is 1. The van der Waals surface area contributed by atoms with E-state index >= 15 is 0 Å². The summed E-state index contributed by atoms with van der Waals surface area (Å²) >= 11 is 1.58. The second-order valence-corrected chi connectivity index (χ2v) is 5.69. The highest BCUT2D eigenvalue weighted by Gasteiger charge is 2.11. The molecule has 3 heterocycles. The first kappa shape index (κ1) is 13.5. The van der Waals surface area contributed by atoms with E-state index in [1.54, 1.807) is 34.1 Å². The normalized spacial score (nSPS) is 10.6. The van der Waals surface area contributed by atoms with Gasteiger partial charge in [0, 0.05) is 5.56 Å². The van der Waals surface area contributed by atoms with Gasteiger partial charge >= 0.3 is 0 Å². The van der Waals surface area contributed by atoms with Gasteiger partial charge < -0.3 is 0 Å². The van der Waals surface area contributed by atoms with Gasteiger partial charge in [-0.15, -0.1) is 21.5 Å². The maximum Gasteiger partial charge on any atom is 0.240 e.